The van der Waals surface area contributed by atoms with Gasteiger partial charge in [-0.15, -0.1) is 0 Å². The Kier molecular flexibility index (Phi) is 4.00. The van der Waals surface area contributed by atoms with Crippen molar-refractivity contribution in [2.24, 2.45) is 5.92 Å². The molecule has 2 N–H and O–H groups in total. The topological polar surface area (TPSA) is 69.6 Å². The first-order valence-corrected chi connectivity index (χ1v) is 6.83. The minimum Gasteiger partial charge on any atom is -0.387 e. The zero-order chi connectivity index (χ0) is 15.8. The summed E-state index contributed by atoms with van der Waals surface area (Å²) in [6, 6.07) is 4.93. The number of benzene rings is 1. The van der Waals surface area contributed by atoms with E-state index in [-0.39, 0.29) is 18.4 Å². The van der Waals surface area contributed by atoms with Crippen LogP contribution in [0.2, 0.25) is 0 Å². The van der Waals surface area contributed by atoms with Crippen LogP contribution in [0.25, 0.3) is 0 Å². The van der Waals surface area contributed by atoms with Crippen LogP contribution in [0.5, 0.6) is 0 Å². The zero-order valence-corrected chi connectivity index (χ0v) is 12.3. The second-order valence-corrected chi connectivity index (χ2v) is 5.77. The number of hydrogen-bond acceptors (Lipinski definition) is 3. The summed E-state index contributed by atoms with van der Waals surface area (Å²) in [7, 11) is 0. The highest BCUT2D eigenvalue weighted by Crippen LogP contribution is 2.27. The lowest BCUT2D eigenvalue weighted by atomic mass is 9.88. The number of carbonyl (C=O) groups is 2. The second-order valence-electron chi connectivity index (χ2n) is 5.77. The number of amides is 3. The van der Waals surface area contributed by atoms with Gasteiger partial charge in [0.05, 0.1) is 12.6 Å². The number of aliphatic hydroxyl groups excluding tert-OH is 1. The van der Waals surface area contributed by atoms with E-state index >= 15 is 0 Å². The van der Waals surface area contributed by atoms with Crippen molar-refractivity contribution in [2.45, 2.75) is 32.4 Å². The molecule has 0 radical (unpaired) electrons. The fourth-order valence-electron chi connectivity index (χ4n) is 2.26. The predicted molar refractivity (Wildman–Crippen MR) is 74.8 cm³/mol. The maximum Gasteiger partial charge on any atom is 0.325 e. The van der Waals surface area contributed by atoms with Gasteiger partial charge in [0.25, 0.3) is 5.91 Å². The lowest BCUT2D eigenvalue weighted by Gasteiger charge is -2.26. The van der Waals surface area contributed by atoms with Crippen LogP contribution in [0, 0.1) is 11.7 Å². The van der Waals surface area contributed by atoms with E-state index in [0.29, 0.717) is 5.56 Å². The van der Waals surface area contributed by atoms with Crippen LogP contribution in [-0.2, 0) is 4.79 Å². The Hall–Kier alpha value is -1.95. The van der Waals surface area contributed by atoms with Gasteiger partial charge in [0.15, 0.2) is 0 Å². The van der Waals surface area contributed by atoms with E-state index in [1.807, 2.05) is 13.8 Å². The van der Waals surface area contributed by atoms with Crippen LogP contribution in [0.1, 0.15) is 32.4 Å². The highest BCUT2D eigenvalue weighted by Gasteiger charge is 2.49. The standard InChI is InChI=1S/C15H19FN2O3/c1-9(2)15(3)13(20)18(14(21)17-15)8-12(19)10-5-4-6-11(16)7-10/h4-7,9,12,19H,8H2,1-3H3,(H,17,21)/t12-,15-/m1/s1. The van der Waals surface area contributed by atoms with Gasteiger partial charge in [0, 0.05) is 0 Å². The van der Waals surface area contributed by atoms with E-state index < -0.39 is 23.5 Å². The normalized spacial score (nSPS) is 23.6. The molecule has 0 spiro atoms. The van der Waals surface area contributed by atoms with E-state index in [1.165, 1.54) is 18.2 Å². The first-order valence-electron chi connectivity index (χ1n) is 6.83. The lowest BCUT2D eigenvalue weighted by Crippen LogP contribution is -2.48. The molecule has 114 valence electrons. The van der Waals surface area contributed by atoms with Gasteiger partial charge in [0.1, 0.15) is 11.4 Å². The fourth-order valence-corrected chi connectivity index (χ4v) is 2.26. The molecule has 1 aliphatic heterocycles. The Morgan fingerprint density at radius 1 is 1.38 bits per heavy atom. The smallest absolute Gasteiger partial charge is 0.325 e. The molecule has 0 saturated carbocycles. The van der Waals surface area contributed by atoms with Crippen molar-refractivity contribution in [3.63, 3.8) is 0 Å². The monoisotopic (exact) mass is 294 g/mol. The Balaban J connectivity index is 2.16. The summed E-state index contributed by atoms with van der Waals surface area (Å²) in [5.74, 6) is -0.931. The molecule has 0 aliphatic carbocycles. The van der Waals surface area contributed by atoms with Crippen molar-refractivity contribution in [2.75, 3.05) is 6.54 Å². The number of carbonyl (C=O) groups excluding carboxylic acids is 2. The van der Waals surface area contributed by atoms with Crippen molar-refractivity contribution in [1.82, 2.24) is 10.2 Å². The van der Waals surface area contributed by atoms with Crippen molar-refractivity contribution in [3.8, 4) is 0 Å². The number of aliphatic hydroxyl groups is 1. The molecule has 1 heterocycles. The average Bonchev–Trinajstić information content (AvgIpc) is 2.63. The molecular weight excluding hydrogens is 275 g/mol. The lowest BCUT2D eigenvalue weighted by molar-refractivity contribution is -0.133. The Labute approximate surface area is 122 Å². The van der Waals surface area contributed by atoms with Gasteiger partial charge in [-0.2, -0.15) is 0 Å². The highest BCUT2D eigenvalue weighted by molar-refractivity contribution is 6.07. The minimum absolute atomic E-state index is 0.0785. The van der Waals surface area contributed by atoms with Gasteiger partial charge in [-0.05, 0) is 30.5 Å². The average molecular weight is 294 g/mol. The first kappa shape index (κ1) is 15.4. The van der Waals surface area contributed by atoms with Crippen LogP contribution < -0.4 is 5.32 Å². The van der Waals surface area contributed by atoms with E-state index in [4.69, 9.17) is 0 Å². The summed E-state index contributed by atoms with van der Waals surface area (Å²) in [6.07, 6.45) is -1.12. The molecule has 1 aromatic rings. The highest BCUT2D eigenvalue weighted by atomic mass is 19.1. The molecule has 1 aromatic carbocycles. The summed E-state index contributed by atoms with van der Waals surface area (Å²) >= 11 is 0. The van der Waals surface area contributed by atoms with E-state index in [1.54, 1.807) is 13.0 Å². The van der Waals surface area contributed by atoms with Gasteiger partial charge >= 0.3 is 6.03 Å². The van der Waals surface area contributed by atoms with Crippen molar-refractivity contribution >= 4 is 11.9 Å². The largest absolute Gasteiger partial charge is 0.387 e. The van der Waals surface area contributed by atoms with Gasteiger partial charge in [0.2, 0.25) is 0 Å². The number of β-amino-alcohol motifs (C(OH)–C–C–N with tert-alkyl or cyclic N) is 1. The molecular formula is C15H19FN2O3. The molecule has 3 amide bonds. The molecule has 1 fully saturated rings. The summed E-state index contributed by atoms with van der Waals surface area (Å²) < 4.78 is 13.2. The maximum absolute atomic E-state index is 13.2. The van der Waals surface area contributed by atoms with Gasteiger partial charge in [-0.1, -0.05) is 26.0 Å². The number of imide groups is 1. The van der Waals surface area contributed by atoms with Crippen LogP contribution in [0.3, 0.4) is 0 Å². The molecule has 1 saturated heterocycles. The summed E-state index contributed by atoms with van der Waals surface area (Å²) in [5.41, 5.74) is -0.646. The number of rotatable bonds is 4. The molecule has 1 aliphatic rings. The fraction of sp³-hybridized carbons (Fsp3) is 0.467. The van der Waals surface area contributed by atoms with Crippen molar-refractivity contribution in [1.29, 1.82) is 0 Å². The van der Waals surface area contributed by atoms with Crippen LogP contribution in [-0.4, -0.2) is 34.0 Å². The van der Waals surface area contributed by atoms with Gasteiger partial charge in [-0.25, -0.2) is 9.18 Å². The number of urea groups is 1. The Bertz CT molecular complexity index is 576. The molecule has 5 nitrogen and oxygen atoms in total. The zero-order valence-electron chi connectivity index (χ0n) is 12.3. The second kappa shape index (κ2) is 5.44. The quantitative estimate of drug-likeness (QED) is 0.832. The molecule has 0 aromatic heterocycles. The number of halogens is 1. The van der Waals surface area contributed by atoms with Crippen LogP contribution in [0.4, 0.5) is 9.18 Å². The number of nitrogens with one attached hydrogen (secondary N) is 1. The summed E-state index contributed by atoms with van der Waals surface area (Å²) in [4.78, 5) is 25.3. The molecule has 2 rings (SSSR count). The molecule has 21 heavy (non-hydrogen) atoms. The molecule has 6 heteroatoms. The third kappa shape index (κ3) is 2.76. The molecule has 0 unspecified atom stereocenters. The third-order valence-electron chi connectivity index (χ3n) is 4.04. The van der Waals surface area contributed by atoms with Gasteiger partial charge in [-0.3, -0.25) is 9.69 Å². The van der Waals surface area contributed by atoms with E-state index in [0.717, 1.165) is 4.90 Å². The van der Waals surface area contributed by atoms with Crippen LogP contribution >= 0.6 is 0 Å². The third-order valence-corrected chi connectivity index (χ3v) is 4.04. The summed E-state index contributed by atoms with van der Waals surface area (Å²) in [5, 5.41) is 12.8. The van der Waals surface area contributed by atoms with Crippen molar-refractivity contribution in [3.05, 3.63) is 35.6 Å². The van der Waals surface area contributed by atoms with Crippen molar-refractivity contribution < 1.29 is 19.1 Å². The van der Waals surface area contributed by atoms with E-state index in [9.17, 15) is 19.1 Å². The number of hydrogen-bond donors (Lipinski definition) is 2. The molecule has 0 bridgehead atoms. The Morgan fingerprint density at radius 3 is 2.57 bits per heavy atom. The van der Waals surface area contributed by atoms with Crippen LogP contribution in [0.15, 0.2) is 24.3 Å². The van der Waals surface area contributed by atoms with Gasteiger partial charge < -0.3 is 10.4 Å². The predicted octanol–water partition coefficient (Wildman–Crippen LogP) is 1.83. The van der Waals surface area contributed by atoms with E-state index in [2.05, 4.69) is 5.32 Å². The molecule has 2 atom stereocenters. The first-order chi connectivity index (χ1) is 9.75. The SMILES string of the molecule is CC(C)[C@@]1(C)NC(=O)N(C[C@@H](O)c2cccc(F)c2)C1=O. The Morgan fingerprint density at radius 2 is 2.05 bits per heavy atom. The number of nitrogens with zero attached hydrogens (tertiary/aromatic N) is 1. The maximum atomic E-state index is 13.2. The summed E-state index contributed by atoms with van der Waals surface area (Å²) in [6.45, 7) is 5.14. The minimum atomic E-state index is -1.12.